The van der Waals surface area contributed by atoms with Crippen molar-refractivity contribution in [1.82, 2.24) is 0 Å². The highest BCUT2D eigenvalue weighted by molar-refractivity contribution is 7.99. The molecule has 0 spiro atoms. The van der Waals surface area contributed by atoms with Gasteiger partial charge in [-0.05, 0) is 55.0 Å². The molecule has 2 nitrogen and oxygen atoms in total. The summed E-state index contributed by atoms with van der Waals surface area (Å²) in [7, 11) is 0. The number of rotatable bonds is 8. The molecule has 0 bridgehead atoms. The summed E-state index contributed by atoms with van der Waals surface area (Å²) in [6, 6.07) is 5.86. The Labute approximate surface area is 119 Å². The van der Waals surface area contributed by atoms with E-state index in [4.69, 9.17) is 22.1 Å². The Morgan fingerprint density at radius 2 is 2.22 bits per heavy atom. The first kappa shape index (κ1) is 15.7. The highest BCUT2D eigenvalue weighted by Crippen LogP contribution is 2.24. The molecule has 1 aromatic rings. The quantitative estimate of drug-likeness (QED) is 0.740. The molecule has 2 N–H and O–H groups in total. The van der Waals surface area contributed by atoms with E-state index in [2.05, 4.69) is 6.92 Å². The van der Waals surface area contributed by atoms with Crippen LogP contribution in [-0.2, 0) is 6.42 Å². The summed E-state index contributed by atoms with van der Waals surface area (Å²) in [5, 5.41) is 0.736. The average molecular weight is 288 g/mol. The first-order valence-electron chi connectivity index (χ1n) is 6.38. The second-order valence-corrected chi connectivity index (χ2v) is 6.16. The number of ether oxygens (including phenoxy) is 1. The van der Waals surface area contributed by atoms with Gasteiger partial charge in [-0.25, -0.2) is 0 Å². The summed E-state index contributed by atoms with van der Waals surface area (Å²) in [5.74, 6) is 3.22. The Bertz CT molecular complexity index is 358. The van der Waals surface area contributed by atoms with Gasteiger partial charge >= 0.3 is 0 Å². The van der Waals surface area contributed by atoms with Crippen molar-refractivity contribution < 1.29 is 4.74 Å². The summed E-state index contributed by atoms with van der Waals surface area (Å²) in [6.45, 7) is 4.91. The van der Waals surface area contributed by atoms with Gasteiger partial charge in [0.05, 0.1) is 6.61 Å². The van der Waals surface area contributed by atoms with E-state index in [0.29, 0.717) is 0 Å². The van der Waals surface area contributed by atoms with Crippen LogP contribution >= 0.6 is 23.4 Å². The van der Waals surface area contributed by atoms with Crippen molar-refractivity contribution in [1.29, 1.82) is 0 Å². The van der Waals surface area contributed by atoms with Crippen LogP contribution in [0, 0.1) is 0 Å². The molecule has 0 aliphatic rings. The molecular formula is C14H22ClNOS. The monoisotopic (exact) mass is 287 g/mol. The minimum atomic E-state index is 0.112. The molecule has 0 aliphatic heterocycles. The molecule has 102 valence electrons. The van der Waals surface area contributed by atoms with Crippen molar-refractivity contribution in [2.45, 2.75) is 32.7 Å². The summed E-state index contributed by atoms with van der Waals surface area (Å²) < 4.78 is 5.81. The Morgan fingerprint density at radius 1 is 1.44 bits per heavy atom. The van der Waals surface area contributed by atoms with Crippen molar-refractivity contribution >= 4 is 23.4 Å². The number of nitrogens with two attached hydrogens (primary N) is 1. The van der Waals surface area contributed by atoms with Gasteiger partial charge < -0.3 is 10.5 Å². The highest BCUT2D eigenvalue weighted by Gasteiger charge is 2.07. The van der Waals surface area contributed by atoms with Gasteiger partial charge in [-0.2, -0.15) is 11.8 Å². The maximum atomic E-state index is 6.00. The molecule has 0 amide bonds. The highest BCUT2D eigenvalue weighted by atomic mass is 35.5. The molecule has 1 unspecified atom stereocenters. The topological polar surface area (TPSA) is 35.2 Å². The Hall–Kier alpha value is -0.380. The Morgan fingerprint density at radius 3 is 2.89 bits per heavy atom. The van der Waals surface area contributed by atoms with Crippen LogP contribution in [0.2, 0.25) is 5.02 Å². The second-order valence-electron chi connectivity index (χ2n) is 4.33. The largest absolute Gasteiger partial charge is 0.493 e. The second kappa shape index (κ2) is 8.68. The lowest BCUT2D eigenvalue weighted by Crippen LogP contribution is -2.18. The average Bonchev–Trinajstić information content (AvgIpc) is 2.30. The molecule has 0 aliphatic carbocycles. The smallest absolute Gasteiger partial charge is 0.122 e. The van der Waals surface area contributed by atoms with E-state index in [0.717, 1.165) is 47.3 Å². The van der Waals surface area contributed by atoms with Gasteiger partial charge in [-0.15, -0.1) is 0 Å². The molecule has 0 heterocycles. The number of hydrogen-bond donors (Lipinski definition) is 1. The van der Waals surface area contributed by atoms with Crippen LogP contribution in [0.1, 0.15) is 25.8 Å². The third kappa shape index (κ3) is 5.98. The summed E-state index contributed by atoms with van der Waals surface area (Å²) in [4.78, 5) is 0. The molecular weight excluding hydrogens is 266 g/mol. The molecule has 0 fully saturated rings. The SMILES string of the molecule is CCSCCCOc1ccc(Cl)cc1CC(C)N. The van der Waals surface area contributed by atoms with E-state index in [1.54, 1.807) is 0 Å². The van der Waals surface area contributed by atoms with Crippen molar-refractivity contribution in [3.8, 4) is 5.75 Å². The molecule has 1 aromatic carbocycles. The van der Waals surface area contributed by atoms with Crippen molar-refractivity contribution in [2.75, 3.05) is 18.1 Å². The summed E-state index contributed by atoms with van der Waals surface area (Å²) in [5.41, 5.74) is 6.93. The number of hydrogen-bond acceptors (Lipinski definition) is 3. The third-order valence-corrected chi connectivity index (χ3v) is 3.68. The van der Waals surface area contributed by atoms with E-state index >= 15 is 0 Å². The van der Waals surface area contributed by atoms with Crippen LogP contribution in [0.4, 0.5) is 0 Å². The van der Waals surface area contributed by atoms with Crippen LogP contribution in [0.3, 0.4) is 0 Å². The van der Waals surface area contributed by atoms with E-state index in [1.807, 2.05) is 36.9 Å². The minimum absolute atomic E-state index is 0.112. The lowest BCUT2D eigenvalue weighted by Gasteiger charge is -2.13. The predicted molar refractivity (Wildman–Crippen MR) is 81.9 cm³/mol. The zero-order valence-corrected chi connectivity index (χ0v) is 12.7. The Kier molecular flexibility index (Phi) is 7.56. The van der Waals surface area contributed by atoms with Gasteiger partial charge in [-0.3, -0.25) is 0 Å². The molecule has 1 atom stereocenters. The van der Waals surface area contributed by atoms with Gasteiger partial charge in [0.25, 0.3) is 0 Å². The molecule has 0 saturated heterocycles. The first-order chi connectivity index (χ1) is 8.63. The molecule has 0 radical (unpaired) electrons. The van der Waals surface area contributed by atoms with Crippen LogP contribution in [0.25, 0.3) is 0 Å². The van der Waals surface area contributed by atoms with Crippen molar-refractivity contribution in [2.24, 2.45) is 5.73 Å². The van der Waals surface area contributed by atoms with Gasteiger partial charge in [0, 0.05) is 11.1 Å². The van der Waals surface area contributed by atoms with Crippen LogP contribution in [0.15, 0.2) is 18.2 Å². The number of thioether (sulfide) groups is 1. The summed E-state index contributed by atoms with van der Waals surface area (Å²) in [6.07, 6.45) is 1.86. The standard InChI is InChI=1S/C14H22ClNOS/c1-3-18-8-4-7-17-14-6-5-13(15)10-12(14)9-11(2)16/h5-6,10-11H,3-4,7-9,16H2,1-2H3. The molecule has 0 saturated carbocycles. The Balaban J connectivity index is 2.52. The van der Waals surface area contributed by atoms with Crippen LogP contribution in [-0.4, -0.2) is 24.2 Å². The third-order valence-electron chi connectivity index (χ3n) is 2.46. The predicted octanol–water partition coefficient (Wildman–Crippen LogP) is 3.75. The van der Waals surface area contributed by atoms with E-state index in [1.165, 1.54) is 0 Å². The van der Waals surface area contributed by atoms with Crippen molar-refractivity contribution in [3.05, 3.63) is 28.8 Å². The fourth-order valence-electron chi connectivity index (χ4n) is 1.68. The van der Waals surface area contributed by atoms with Crippen molar-refractivity contribution in [3.63, 3.8) is 0 Å². The molecule has 4 heteroatoms. The number of benzene rings is 1. The fraction of sp³-hybridized carbons (Fsp3) is 0.571. The molecule has 18 heavy (non-hydrogen) atoms. The van der Waals surface area contributed by atoms with Gasteiger partial charge in [0.1, 0.15) is 5.75 Å². The maximum absolute atomic E-state index is 6.00. The van der Waals surface area contributed by atoms with E-state index in [9.17, 15) is 0 Å². The van der Waals surface area contributed by atoms with Crippen LogP contribution in [0.5, 0.6) is 5.75 Å². The van der Waals surface area contributed by atoms with Gasteiger partial charge in [0.2, 0.25) is 0 Å². The number of halogens is 1. The van der Waals surface area contributed by atoms with Gasteiger partial charge in [0.15, 0.2) is 0 Å². The van der Waals surface area contributed by atoms with Gasteiger partial charge in [-0.1, -0.05) is 18.5 Å². The fourth-order valence-corrected chi connectivity index (χ4v) is 2.49. The van der Waals surface area contributed by atoms with Crippen LogP contribution < -0.4 is 10.5 Å². The molecule has 1 rings (SSSR count). The zero-order valence-electron chi connectivity index (χ0n) is 11.1. The maximum Gasteiger partial charge on any atom is 0.122 e. The lowest BCUT2D eigenvalue weighted by atomic mass is 10.1. The van der Waals surface area contributed by atoms with E-state index in [-0.39, 0.29) is 6.04 Å². The normalized spacial score (nSPS) is 12.4. The minimum Gasteiger partial charge on any atom is -0.493 e. The first-order valence-corrected chi connectivity index (χ1v) is 7.91. The molecule has 0 aromatic heterocycles. The van der Waals surface area contributed by atoms with E-state index < -0.39 is 0 Å². The zero-order chi connectivity index (χ0) is 13.4. The summed E-state index contributed by atoms with van der Waals surface area (Å²) >= 11 is 7.94. The lowest BCUT2D eigenvalue weighted by molar-refractivity contribution is 0.315.